The Bertz CT molecular complexity index is 206. The van der Waals surface area contributed by atoms with Crippen molar-refractivity contribution in [3.05, 3.63) is 12.7 Å². The molecule has 1 aliphatic rings. The summed E-state index contributed by atoms with van der Waals surface area (Å²) in [7, 11) is 0. The lowest BCUT2D eigenvalue weighted by Crippen LogP contribution is -2.50. The lowest BCUT2D eigenvalue weighted by atomic mass is 10.2. The highest BCUT2D eigenvalue weighted by Gasteiger charge is 2.25. The van der Waals surface area contributed by atoms with E-state index in [-0.39, 0.29) is 18.6 Å². The zero-order valence-corrected chi connectivity index (χ0v) is 8.32. The van der Waals surface area contributed by atoms with Crippen molar-refractivity contribution in [1.29, 1.82) is 0 Å². The van der Waals surface area contributed by atoms with E-state index in [1.807, 2.05) is 0 Å². The van der Waals surface area contributed by atoms with Crippen molar-refractivity contribution in [3.63, 3.8) is 0 Å². The molecule has 4 nitrogen and oxygen atoms in total. The van der Waals surface area contributed by atoms with E-state index < -0.39 is 0 Å². The Morgan fingerprint density at radius 3 is 3.14 bits per heavy atom. The molecule has 0 aromatic rings. The molecule has 14 heavy (non-hydrogen) atoms. The predicted octanol–water partition coefficient (Wildman–Crippen LogP) is 0.172. The maximum absolute atomic E-state index is 11.6. The molecule has 1 heterocycles. The van der Waals surface area contributed by atoms with Crippen LogP contribution in [0.5, 0.6) is 0 Å². The maximum atomic E-state index is 11.6. The second-order valence-electron chi connectivity index (χ2n) is 3.33. The number of rotatable bonds is 4. The molecule has 0 saturated carbocycles. The van der Waals surface area contributed by atoms with Gasteiger partial charge in [-0.25, -0.2) is 0 Å². The molecule has 0 radical (unpaired) electrons. The molecule has 1 unspecified atom stereocenters. The van der Waals surface area contributed by atoms with Gasteiger partial charge in [-0.15, -0.1) is 6.58 Å². The topological polar surface area (TPSA) is 49.8 Å². The molecule has 0 aliphatic carbocycles. The first-order valence-electron chi connectivity index (χ1n) is 4.88. The zero-order chi connectivity index (χ0) is 10.4. The van der Waals surface area contributed by atoms with Crippen molar-refractivity contribution in [1.82, 2.24) is 4.90 Å². The van der Waals surface area contributed by atoms with Gasteiger partial charge in [-0.05, 0) is 6.42 Å². The summed E-state index contributed by atoms with van der Waals surface area (Å²) in [6, 6.07) is -0.166. The van der Waals surface area contributed by atoms with E-state index in [4.69, 9.17) is 9.84 Å². The third-order valence-corrected chi connectivity index (χ3v) is 2.32. The summed E-state index contributed by atoms with van der Waals surface area (Å²) < 4.78 is 5.18. The Kier molecular flexibility index (Phi) is 4.62. The second kappa shape index (κ2) is 5.78. The SMILES string of the molecule is C=CCCC(=O)N1CCOCC1CO. The summed E-state index contributed by atoms with van der Waals surface area (Å²) in [4.78, 5) is 13.3. The summed E-state index contributed by atoms with van der Waals surface area (Å²) in [5.74, 6) is 0.0762. The van der Waals surface area contributed by atoms with E-state index in [2.05, 4.69) is 6.58 Å². The van der Waals surface area contributed by atoms with Crippen LogP contribution in [0.4, 0.5) is 0 Å². The third-order valence-electron chi connectivity index (χ3n) is 2.32. The number of carbonyl (C=O) groups excluding carboxylic acids is 1. The van der Waals surface area contributed by atoms with Crippen molar-refractivity contribution >= 4 is 5.91 Å². The summed E-state index contributed by atoms with van der Waals surface area (Å²) >= 11 is 0. The summed E-state index contributed by atoms with van der Waals surface area (Å²) in [5, 5.41) is 9.04. The second-order valence-corrected chi connectivity index (χ2v) is 3.33. The summed E-state index contributed by atoms with van der Waals surface area (Å²) in [6.45, 7) is 5.14. The molecule has 1 fully saturated rings. The lowest BCUT2D eigenvalue weighted by molar-refractivity contribution is -0.141. The van der Waals surface area contributed by atoms with Gasteiger partial charge in [0.15, 0.2) is 0 Å². The van der Waals surface area contributed by atoms with Crippen LogP contribution in [0.3, 0.4) is 0 Å². The first kappa shape index (κ1) is 11.2. The van der Waals surface area contributed by atoms with Crippen LogP contribution in [0.15, 0.2) is 12.7 Å². The lowest BCUT2D eigenvalue weighted by Gasteiger charge is -2.34. The Hall–Kier alpha value is -0.870. The number of ether oxygens (including phenoxy) is 1. The molecule has 1 aliphatic heterocycles. The molecule has 1 saturated heterocycles. The standard InChI is InChI=1S/C10H17NO3/c1-2-3-4-10(13)11-5-6-14-8-9(11)7-12/h2,9,12H,1,3-8H2. The van der Waals surface area contributed by atoms with Gasteiger partial charge in [-0.2, -0.15) is 0 Å². The van der Waals surface area contributed by atoms with Crippen LogP contribution in [0.25, 0.3) is 0 Å². The van der Waals surface area contributed by atoms with Gasteiger partial charge in [0.1, 0.15) is 0 Å². The van der Waals surface area contributed by atoms with E-state index in [9.17, 15) is 4.79 Å². The summed E-state index contributed by atoms with van der Waals surface area (Å²) in [5.41, 5.74) is 0. The molecule has 1 atom stereocenters. The van der Waals surface area contributed by atoms with E-state index in [0.717, 1.165) is 0 Å². The number of aliphatic hydroxyl groups excluding tert-OH is 1. The monoisotopic (exact) mass is 199 g/mol. The first-order valence-corrected chi connectivity index (χ1v) is 4.88. The third kappa shape index (κ3) is 2.82. The molecule has 0 bridgehead atoms. The highest BCUT2D eigenvalue weighted by molar-refractivity contribution is 5.76. The van der Waals surface area contributed by atoms with Crippen molar-refractivity contribution in [3.8, 4) is 0 Å². The minimum absolute atomic E-state index is 0.0279. The van der Waals surface area contributed by atoms with E-state index in [1.165, 1.54) is 0 Å². The minimum atomic E-state index is -0.166. The van der Waals surface area contributed by atoms with Crippen LogP contribution in [-0.2, 0) is 9.53 Å². The molecule has 0 spiro atoms. The zero-order valence-electron chi connectivity index (χ0n) is 8.32. The van der Waals surface area contributed by atoms with E-state index in [0.29, 0.717) is 32.6 Å². The fourth-order valence-electron chi connectivity index (χ4n) is 1.50. The van der Waals surface area contributed by atoms with E-state index in [1.54, 1.807) is 11.0 Å². The van der Waals surface area contributed by atoms with Gasteiger partial charge in [-0.1, -0.05) is 6.08 Å². The van der Waals surface area contributed by atoms with Crippen LogP contribution in [0, 0.1) is 0 Å². The minimum Gasteiger partial charge on any atom is -0.394 e. The number of allylic oxidation sites excluding steroid dienone is 1. The first-order chi connectivity index (χ1) is 6.79. The van der Waals surface area contributed by atoms with Gasteiger partial charge >= 0.3 is 0 Å². The fraction of sp³-hybridized carbons (Fsp3) is 0.700. The van der Waals surface area contributed by atoms with E-state index >= 15 is 0 Å². The molecule has 4 heteroatoms. The average molecular weight is 199 g/mol. The van der Waals surface area contributed by atoms with Crippen LogP contribution in [-0.4, -0.2) is 48.3 Å². The van der Waals surface area contributed by atoms with Gasteiger partial charge in [0, 0.05) is 13.0 Å². The van der Waals surface area contributed by atoms with Gasteiger partial charge in [0.25, 0.3) is 0 Å². The predicted molar refractivity (Wildman–Crippen MR) is 52.8 cm³/mol. The van der Waals surface area contributed by atoms with Gasteiger partial charge in [0.05, 0.1) is 25.9 Å². The van der Waals surface area contributed by atoms with Crippen LogP contribution >= 0.6 is 0 Å². The Morgan fingerprint density at radius 2 is 2.50 bits per heavy atom. The maximum Gasteiger partial charge on any atom is 0.223 e. The molecule has 80 valence electrons. The Morgan fingerprint density at radius 1 is 1.71 bits per heavy atom. The molecular weight excluding hydrogens is 182 g/mol. The summed E-state index contributed by atoms with van der Waals surface area (Å²) in [6.07, 6.45) is 2.89. The van der Waals surface area contributed by atoms with Crippen molar-refractivity contribution in [2.75, 3.05) is 26.4 Å². The average Bonchev–Trinajstić information content (AvgIpc) is 2.25. The highest BCUT2D eigenvalue weighted by Crippen LogP contribution is 2.09. The number of aliphatic hydroxyl groups is 1. The largest absolute Gasteiger partial charge is 0.394 e. The number of hydrogen-bond acceptors (Lipinski definition) is 3. The Labute approximate surface area is 84.2 Å². The normalized spacial score (nSPS) is 22.1. The number of carbonyl (C=O) groups is 1. The van der Waals surface area contributed by atoms with Gasteiger partial charge < -0.3 is 14.7 Å². The van der Waals surface area contributed by atoms with Crippen LogP contribution in [0.1, 0.15) is 12.8 Å². The Balaban J connectivity index is 2.45. The molecule has 0 aromatic carbocycles. The molecule has 1 rings (SSSR count). The smallest absolute Gasteiger partial charge is 0.223 e. The highest BCUT2D eigenvalue weighted by atomic mass is 16.5. The van der Waals surface area contributed by atoms with Crippen LogP contribution < -0.4 is 0 Å². The van der Waals surface area contributed by atoms with Gasteiger partial charge in [0.2, 0.25) is 5.91 Å². The van der Waals surface area contributed by atoms with Crippen molar-refractivity contribution in [2.24, 2.45) is 0 Å². The number of morpholine rings is 1. The van der Waals surface area contributed by atoms with Crippen LogP contribution in [0.2, 0.25) is 0 Å². The number of hydrogen-bond donors (Lipinski definition) is 1. The molecule has 0 aromatic heterocycles. The van der Waals surface area contributed by atoms with Crippen molar-refractivity contribution < 1.29 is 14.6 Å². The molecule has 1 N–H and O–H groups in total. The van der Waals surface area contributed by atoms with Crippen molar-refractivity contribution in [2.45, 2.75) is 18.9 Å². The molecule has 1 amide bonds. The molecular formula is C10H17NO3. The fourth-order valence-corrected chi connectivity index (χ4v) is 1.50. The quantitative estimate of drug-likeness (QED) is 0.657. The number of amides is 1. The van der Waals surface area contributed by atoms with Gasteiger partial charge in [-0.3, -0.25) is 4.79 Å². The number of nitrogens with zero attached hydrogens (tertiary/aromatic N) is 1.